The monoisotopic (exact) mass is 526 g/mol. The van der Waals surface area contributed by atoms with Crippen molar-refractivity contribution < 1.29 is 9.47 Å². The predicted octanol–water partition coefficient (Wildman–Crippen LogP) is 6.14. The molecule has 1 N–H and O–H groups in total. The summed E-state index contributed by atoms with van der Waals surface area (Å²) in [6, 6.07) is 3.31. The molecule has 2 atom stereocenters. The summed E-state index contributed by atoms with van der Waals surface area (Å²) in [6.07, 6.45) is 5.03. The molecule has 4 rings (SSSR count). The molecule has 2 bridgehead atoms. The van der Waals surface area contributed by atoms with E-state index in [1.165, 1.54) is 12.7 Å². The highest BCUT2D eigenvalue weighted by Gasteiger charge is 2.39. The number of nitrogens with one attached hydrogen (secondary N) is 1. The van der Waals surface area contributed by atoms with Gasteiger partial charge in [0, 0.05) is 16.3 Å². The number of fused-ring (bicyclic) bond motifs is 2. The maximum atomic E-state index is 7.14. The number of anilines is 2. The van der Waals surface area contributed by atoms with Crippen LogP contribution in [0.1, 0.15) is 19.3 Å². The van der Waals surface area contributed by atoms with Gasteiger partial charge in [-0.05, 0) is 56.8 Å². The van der Waals surface area contributed by atoms with E-state index in [1.807, 2.05) is 0 Å². The lowest BCUT2D eigenvalue weighted by Gasteiger charge is -2.41. The van der Waals surface area contributed by atoms with Gasteiger partial charge < -0.3 is 14.8 Å². The molecule has 6 nitrogen and oxygen atoms in total. The van der Waals surface area contributed by atoms with E-state index in [9.17, 15) is 0 Å². The van der Waals surface area contributed by atoms with Gasteiger partial charge in [0.05, 0.1) is 30.5 Å². The quantitative estimate of drug-likeness (QED) is 0.483. The highest BCUT2D eigenvalue weighted by Crippen LogP contribution is 2.41. The minimum Gasteiger partial charge on any atom is -0.473 e. The van der Waals surface area contributed by atoms with Crippen molar-refractivity contribution in [1.29, 1.82) is 0 Å². The Kier molecular flexibility index (Phi) is 6.07. The third-order valence-corrected chi connectivity index (χ3v) is 6.79. The largest absolute Gasteiger partial charge is 0.473 e. The zero-order chi connectivity index (χ0) is 19.7. The molecular weight excluding hydrogens is 511 g/mol. The van der Waals surface area contributed by atoms with E-state index in [0.29, 0.717) is 48.9 Å². The second-order valence-corrected chi connectivity index (χ2v) is 8.99. The molecule has 9 heteroatoms. The summed E-state index contributed by atoms with van der Waals surface area (Å²) in [5.74, 6) is 1.85. The van der Waals surface area contributed by atoms with E-state index in [4.69, 9.17) is 27.6 Å². The lowest BCUT2D eigenvalue weighted by Crippen LogP contribution is -2.46. The Hall–Kier alpha value is -1.40. The lowest BCUT2D eigenvalue weighted by molar-refractivity contribution is -0.0920. The highest BCUT2D eigenvalue weighted by molar-refractivity contribution is 9.11. The minimum atomic E-state index is 0.106. The van der Waals surface area contributed by atoms with Crippen LogP contribution in [0.3, 0.4) is 0 Å². The molecule has 1 saturated heterocycles. The van der Waals surface area contributed by atoms with Crippen LogP contribution in [0, 0.1) is 18.4 Å². The van der Waals surface area contributed by atoms with E-state index in [1.54, 1.807) is 12.1 Å². The van der Waals surface area contributed by atoms with Crippen LogP contribution in [0.5, 0.6) is 5.88 Å². The van der Waals surface area contributed by atoms with Gasteiger partial charge in [-0.25, -0.2) is 14.8 Å². The van der Waals surface area contributed by atoms with Gasteiger partial charge in [0.2, 0.25) is 5.88 Å². The Morgan fingerprint density at radius 2 is 1.96 bits per heavy atom. The summed E-state index contributed by atoms with van der Waals surface area (Å²) in [7, 11) is 0. The molecule has 1 aromatic carbocycles. The van der Waals surface area contributed by atoms with Crippen LogP contribution in [-0.2, 0) is 4.74 Å². The third-order valence-electron chi connectivity index (χ3n) is 5.15. The van der Waals surface area contributed by atoms with E-state index >= 15 is 0 Å². The minimum absolute atomic E-state index is 0.106. The highest BCUT2D eigenvalue weighted by atomic mass is 79.9. The van der Waals surface area contributed by atoms with Gasteiger partial charge in [-0.15, -0.1) is 0 Å². The molecule has 1 aliphatic heterocycles. The molecule has 0 radical (unpaired) electrons. The first-order valence-corrected chi connectivity index (χ1v) is 10.9. The predicted molar refractivity (Wildman–Crippen MR) is 114 cm³/mol. The van der Waals surface area contributed by atoms with Crippen LogP contribution < -0.4 is 10.1 Å². The Balaban J connectivity index is 1.59. The lowest BCUT2D eigenvalue weighted by atomic mass is 9.78. The summed E-state index contributed by atoms with van der Waals surface area (Å²) in [6.45, 7) is 8.62. The molecule has 0 spiro atoms. The summed E-state index contributed by atoms with van der Waals surface area (Å²) >= 11 is 13.4. The maximum absolute atomic E-state index is 7.14. The van der Waals surface area contributed by atoms with Crippen LogP contribution in [0.25, 0.3) is 4.85 Å². The molecule has 2 aliphatic rings. The third kappa shape index (κ3) is 3.99. The van der Waals surface area contributed by atoms with Crippen molar-refractivity contribution in [3.05, 3.63) is 43.8 Å². The number of hydrogen-bond acceptors (Lipinski definition) is 5. The Morgan fingerprint density at radius 1 is 1.21 bits per heavy atom. The van der Waals surface area contributed by atoms with Crippen LogP contribution in [0.15, 0.2) is 27.4 Å². The fraction of sp³-hybridized carbons (Fsp3) is 0.421. The van der Waals surface area contributed by atoms with E-state index in [0.717, 1.165) is 26.1 Å². The van der Waals surface area contributed by atoms with Crippen LogP contribution in [0.2, 0.25) is 5.02 Å². The van der Waals surface area contributed by atoms with Crippen molar-refractivity contribution in [2.45, 2.75) is 25.4 Å². The molecular formula is C19H17Br2ClN4O2. The zero-order valence-electron chi connectivity index (χ0n) is 14.8. The average molecular weight is 529 g/mol. The Morgan fingerprint density at radius 3 is 2.64 bits per heavy atom. The molecule has 0 amide bonds. The van der Waals surface area contributed by atoms with Gasteiger partial charge in [-0.1, -0.05) is 18.0 Å². The van der Waals surface area contributed by atoms with Gasteiger partial charge in [0.15, 0.2) is 11.5 Å². The van der Waals surface area contributed by atoms with Crippen molar-refractivity contribution in [2.24, 2.45) is 11.8 Å². The summed E-state index contributed by atoms with van der Waals surface area (Å²) in [5.41, 5.74) is 1.08. The van der Waals surface area contributed by atoms with E-state index < -0.39 is 0 Å². The molecule has 1 aromatic heterocycles. The first-order chi connectivity index (χ1) is 13.6. The molecule has 2 fully saturated rings. The van der Waals surface area contributed by atoms with Crippen molar-refractivity contribution in [3.63, 3.8) is 0 Å². The van der Waals surface area contributed by atoms with Gasteiger partial charge >= 0.3 is 0 Å². The number of hydrogen-bond donors (Lipinski definition) is 1. The summed E-state index contributed by atoms with van der Waals surface area (Å²) < 4.78 is 13.3. The van der Waals surface area contributed by atoms with Crippen LogP contribution in [0.4, 0.5) is 17.2 Å². The average Bonchev–Trinajstić information content (AvgIpc) is 2.67. The first kappa shape index (κ1) is 19.9. The number of benzene rings is 1. The molecule has 146 valence electrons. The zero-order valence-corrected chi connectivity index (χ0v) is 18.7. The number of nitrogens with zero attached hydrogens (tertiary/aromatic N) is 3. The van der Waals surface area contributed by atoms with Crippen molar-refractivity contribution >= 4 is 60.7 Å². The molecule has 1 saturated carbocycles. The molecule has 2 unspecified atom stereocenters. The van der Waals surface area contributed by atoms with Gasteiger partial charge in [-0.2, -0.15) is 0 Å². The maximum Gasteiger partial charge on any atom is 0.233 e. The van der Waals surface area contributed by atoms with Gasteiger partial charge in [0.1, 0.15) is 16.9 Å². The second kappa shape index (κ2) is 8.54. The van der Waals surface area contributed by atoms with E-state index in [2.05, 4.69) is 52.0 Å². The smallest absolute Gasteiger partial charge is 0.233 e. The number of rotatable bonds is 4. The second-order valence-electron chi connectivity index (χ2n) is 6.93. The van der Waals surface area contributed by atoms with Crippen molar-refractivity contribution in [3.8, 4) is 5.88 Å². The van der Waals surface area contributed by atoms with Crippen molar-refractivity contribution in [2.75, 3.05) is 18.5 Å². The van der Waals surface area contributed by atoms with E-state index in [-0.39, 0.29) is 6.10 Å². The van der Waals surface area contributed by atoms with Crippen molar-refractivity contribution in [1.82, 2.24) is 9.97 Å². The summed E-state index contributed by atoms with van der Waals surface area (Å²) in [4.78, 5) is 12.0. The van der Waals surface area contributed by atoms with Gasteiger partial charge in [-0.3, -0.25) is 0 Å². The van der Waals surface area contributed by atoms with Crippen LogP contribution in [-0.4, -0.2) is 29.3 Å². The number of halogens is 3. The van der Waals surface area contributed by atoms with Crippen LogP contribution >= 0.6 is 43.5 Å². The Bertz CT molecular complexity index is 892. The summed E-state index contributed by atoms with van der Waals surface area (Å²) in [5, 5.41) is 3.63. The van der Waals surface area contributed by atoms with Gasteiger partial charge in [0.25, 0.3) is 0 Å². The standard InChI is InChI=1S/C19H17Br2ClN4O2/c1-23-12-5-13(20)16(14(22)6-12)26-18-15(21)19(25-9-24-18)28-17-10-3-2-4-11(17)8-27-7-10/h5-6,9-11,17H,2-4,7-8H2,(H,24,25,26). The fourth-order valence-electron chi connectivity index (χ4n) is 3.79. The normalized spacial score (nSPS) is 23.7. The molecule has 2 heterocycles. The number of aromatic nitrogens is 2. The topological polar surface area (TPSA) is 60.6 Å². The Labute approximate surface area is 185 Å². The molecule has 2 aromatic rings. The number of ether oxygens (including phenoxy) is 2. The first-order valence-electron chi connectivity index (χ1n) is 8.95. The SMILES string of the molecule is [C-]#[N+]c1cc(Cl)c(Nc2ncnc(OC3C4CCCC3COC4)c2Br)c(Br)c1. The molecule has 1 aliphatic carbocycles. The molecule has 28 heavy (non-hydrogen) atoms. The fourth-order valence-corrected chi connectivity index (χ4v) is 5.11.